The minimum atomic E-state index is -0.327. The summed E-state index contributed by atoms with van der Waals surface area (Å²) >= 11 is 0. The molecule has 0 saturated carbocycles. The van der Waals surface area contributed by atoms with Crippen molar-refractivity contribution in [2.75, 3.05) is 7.05 Å². The first-order valence-corrected chi connectivity index (χ1v) is 11.1. The van der Waals surface area contributed by atoms with E-state index >= 15 is 0 Å². The summed E-state index contributed by atoms with van der Waals surface area (Å²) in [7, 11) is 2.18. The molecule has 0 N–H and O–H groups in total. The first-order valence-electron chi connectivity index (χ1n) is 11.1. The Hall–Kier alpha value is -2.14. The van der Waals surface area contributed by atoms with E-state index in [0.717, 1.165) is 36.6 Å². The quantitative estimate of drug-likeness (QED) is 0.689. The zero-order valence-electron chi connectivity index (χ0n) is 17.8. The lowest BCUT2D eigenvalue weighted by molar-refractivity contribution is -0.000380. The van der Waals surface area contributed by atoms with Crippen LogP contribution in [0.15, 0.2) is 29.1 Å². The molecule has 2 bridgehead atoms. The van der Waals surface area contributed by atoms with Gasteiger partial charge in [-0.15, -0.1) is 0 Å². The first-order chi connectivity index (χ1) is 14.0. The lowest BCUT2D eigenvalue weighted by atomic mass is 9.99. The third-order valence-electron chi connectivity index (χ3n) is 6.89. The van der Waals surface area contributed by atoms with Crippen molar-refractivity contribution in [3.8, 4) is 0 Å². The van der Waals surface area contributed by atoms with Gasteiger partial charge in [0.1, 0.15) is 6.10 Å². The maximum absolute atomic E-state index is 13.3. The van der Waals surface area contributed by atoms with Gasteiger partial charge < -0.3 is 14.2 Å². The first kappa shape index (κ1) is 20.1. The number of benzene rings is 1. The lowest BCUT2D eigenvalue weighted by Gasteiger charge is -2.35. The monoisotopic (exact) mass is 396 g/mol. The lowest BCUT2D eigenvalue weighted by Crippen LogP contribution is -2.43. The van der Waals surface area contributed by atoms with Crippen molar-refractivity contribution in [3.05, 3.63) is 45.7 Å². The Kier molecular flexibility index (Phi) is 5.77. The molecule has 2 atom stereocenters. The number of rotatable bonds is 6. The highest BCUT2D eigenvalue weighted by molar-refractivity contribution is 6.04. The summed E-state index contributed by atoms with van der Waals surface area (Å²) in [4.78, 5) is 29.0. The minimum Gasteiger partial charge on any atom is -0.459 e. The summed E-state index contributed by atoms with van der Waals surface area (Å²) in [6, 6.07) is 8.78. The standard InChI is InChI=1S/C24H32N2O3/c1-4-6-13-26-21-10-8-7-9-20(21)22(19(5-2)23(26)27)24(28)29-18-14-16-11-12-17(15-18)25(16)3/h7-10,16-18H,4-6,11-15H2,1-3H3. The molecule has 2 saturated heterocycles. The fourth-order valence-corrected chi connectivity index (χ4v) is 5.23. The number of aryl methyl sites for hydroxylation is 1. The highest BCUT2D eigenvalue weighted by Crippen LogP contribution is 2.36. The third-order valence-corrected chi connectivity index (χ3v) is 6.89. The van der Waals surface area contributed by atoms with Gasteiger partial charge in [0, 0.05) is 42.4 Å². The topological polar surface area (TPSA) is 51.5 Å². The zero-order chi connectivity index (χ0) is 20.5. The highest BCUT2D eigenvalue weighted by Gasteiger charge is 2.40. The maximum atomic E-state index is 13.3. The van der Waals surface area contributed by atoms with E-state index < -0.39 is 0 Å². The van der Waals surface area contributed by atoms with Crippen LogP contribution in [0.5, 0.6) is 0 Å². The number of carbonyl (C=O) groups is 1. The molecule has 0 amide bonds. The average molecular weight is 397 g/mol. The number of unbranched alkanes of at least 4 members (excludes halogenated alkanes) is 1. The number of para-hydroxylation sites is 1. The molecular formula is C24H32N2O3. The van der Waals surface area contributed by atoms with Crippen molar-refractivity contribution < 1.29 is 9.53 Å². The van der Waals surface area contributed by atoms with Gasteiger partial charge in [0.25, 0.3) is 5.56 Å². The number of ether oxygens (including phenoxy) is 1. The molecule has 0 radical (unpaired) electrons. The fraction of sp³-hybridized carbons (Fsp3) is 0.583. The Labute approximate surface area is 172 Å². The molecule has 2 unspecified atom stereocenters. The van der Waals surface area contributed by atoms with Crippen molar-refractivity contribution in [1.82, 2.24) is 9.47 Å². The van der Waals surface area contributed by atoms with Crippen LogP contribution >= 0.6 is 0 Å². The Balaban J connectivity index is 1.71. The molecule has 156 valence electrons. The van der Waals surface area contributed by atoms with Crippen molar-refractivity contribution in [2.24, 2.45) is 0 Å². The normalized spacial score (nSPS) is 24.2. The molecule has 2 aliphatic rings. The zero-order valence-corrected chi connectivity index (χ0v) is 17.8. The van der Waals surface area contributed by atoms with Crippen LogP contribution in [0.1, 0.15) is 68.3 Å². The number of esters is 1. The second-order valence-electron chi connectivity index (χ2n) is 8.58. The number of aromatic nitrogens is 1. The molecule has 3 heterocycles. The van der Waals surface area contributed by atoms with Crippen molar-refractivity contribution in [1.29, 1.82) is 0 Å². The largest absolute Gasteiger partial charge is 0.459 e. The molecule has 5 heteroatoms. The molecule has 0 aliphatic carbocycles. The molecule has 5 nitrogen and oxygen atoms in total. The summed E-state index contributed by atoms with van der Waals surface area (Å²) in [5, 5.41) is 0.834. The molecule has 1 aromatic heterocycles. The predicted octanol–water partition coefficient (Wildman–Crippen LogP) is 4.15. The number of fused-ring (bicyclic) bond motifs is 3. The molecule has 4 rings (SSSR count). The van der Waals surface area contributed by atoms with Crippen LogP contribution in [0.4, 0.5) is 0 Å². The maximum Gasteiger partial charge on any atom is 0.339 e. The van der Waals surface area contributed by atoms with E-state index in [4.69, 9.17) is 4.74 Å². The average Bonchev–Trinajstić information content (AvgIpc) is 2.92. The van der Waals surface area contributed by atoms with Gasteiger partial charge in [0.05, 0.1) is 11.1 Å². The van der Waals surface area contributed by atoms with E-state index in [-0.39, 0.29) is 17.6 Å². The van der Waals surface area contributed by atoms with E-state index in [9.17, 15) is 9.59 Å². The molecule has 29 heavy (non-hydrogen) atoms. The second-order valence-corrected chi connectivity index (χ2v) is 8.58. The van der Waals surface area contributed by atoms with Crippen molar-refractivity contribution >= 4 is 16.9 Å². The SMILES string of the molecule is CCCCn1c(=O)c(CC)c(C(=O)OC2CC3CCC(C2)N3C)c2ccccc21. The number of carbonyl (C=O) groups excluding carboxylic acids is 1. The number of nitrogens with zero attached hydrogens (tertiary/aromatic N) is 2. The van der Waals surface area contributed by atoms with E-state index in [2.05, 4.69) is 18.9 Å². The summed E-state index contributed by atoms with van der Waals surface area (Å²) in [6.07, 6.45) is 6.59. The highest BCUT2D eigenvalue weighted by atomic mass is 16.5. The van der Waals surface area contributed by atoms with Crippen LogP contribution in [0.3, 0.4) is 0 Å². The van der Waals surface area contributed by atoms with Gasteiger partial charge in [0.2, 0.25) is 0 Å². The Morgan fingerprint density at radius 1 is 1.14 bits per heavy atom. The summed E-state index contributed by atoms with van der Waals surface area (Å²) in [5.74, 6) is -0.327. The van der Waals surface area contributed by atoms with E-state index in [0.29, 0.717) is 36.2 Å². The summed E-state index contributed by atoms with van der Waals surface area (Å²) in [6.45, 7) is 4.74. The second kappa shape index (κ2) is 8.31. The van der Waals surface area contributed by atoms with Gasteiger partial charge in [-0.2, -0.15) is 0 Å². The molecule has 2 aliphatic heterocycles. The van der Waals surface area contributed by atoms with Crippen LogP contribution in [0.25, 0.3) is 10.9 Å². The van der Waals surface area contributed by atoms with E-state index in [1.165, 1.54) is 12.8 Å². The Morgan fingerprint density at radius 3 is 2.48 bits per heavy atom. The van der Waals surface area contributed by atoms with Crippen LogP contribution in [-0.4, -0.2) is 40.7 Å². The number of piperidine rings is 1. The van der Waals surface area contributed by atoms with Gasteiger partial charge in [0.15, 0.2) is 0 Å². The smallest absolute Gasteiger partial charge is 0.339 e. The van der Waals surface area contributed by atoms with Crippen LogP contribution in [-0.2, 0) is 17.7 Å². The van der Waals surface area contributed by atoms with Crippen molar-refractivity contribution in [2.45, 2.75) is 83.5 Å². The Bertz CT molecular complexity index is 950. The van der Waals surface area contributed by atoms with E-state index in [1.807, 2.05) is 35.8 Å². The van der Waals surface area contributed by atoms with Gasteiger partial charge in [-0.25, -0.2) is 4.79 Å². The van der Waals surface area contributed by atoms with Crippen molar-refractivity contribution in [3.63, 3.8) is 0 Å². The number of pyridine rings is 1. The fourth-order valence-electron chi connectivity index (χ4n) is 5.23. The summed E-state index contributed by atoms with van der Waals surface area (Å²) < 4.78 is 7.86. The van der Waals surface area contributed by atoms with Gasteiger partial charge in [-0.3, -0.25) is 4.79 Å². The molecule has 1 aromatic carbocycles. The number of hydrogen-bond donors (Lipinski definition) is 0. The Morgan fingerprint density at radius 2 is 1.83 bits per heavy atom. The molecule has 2 aromatic rings. The van der Waals surface area contributed by atoms with Gasteiger partial charge in [-0.1, -0.05) is 38.5 Å². The molecular weight excluding hydrogens is 364 g/mol. The predicted molar refractivity (Wildman–Crippen MR) is 116 cm³/mol. The number of hydrogen-bond acceptors (Lipinski definition) is 4. The van der Waals surface area contributed by atoms with Gasteiger partial charge >= 0.3 is 5.97 Å². The van der Waals surface area contributed by atoms with Crippen LogP contribution in [0.2, 0.25) is 0 Å². The molecule has 2 fully saturated rings. The van der Waals surface area contributed by atoms with Gasteiger partial charge in [-0.05, 0) is 38.8 Å². The minimum absolute atomic E-state index is 0.0463. The van der Waals surface area contributed by atoms with Crippen LogP contribution < -0.4 is 5.56 Å². The van der Waals surface area contributed by atoms with E-state index in [1.54, 1.807) is 0 Å². The summed E-state index contributed by atoms with van der Waals surface area (Å²) in [5.41, 5.74) is 1.85. The van der Waals surface area contributed by atoms with Crippen LogP contribution in [0, 0.1) is 0 Å². The third kappa shape index (κ3) is 3.61. The molecule has 0 spiro atoms.